The second kappa shape index (κ2) is 13.0. The van der Waals surface area contributed by atoms with Crippen molar-refractivity contribution in [3.8, 4) is 0 Å². The molecule has 0 spiro atoms. The number of hydrogen-bond donors (Lipinski definition) is 3. The monoisotopic (exact) mass is 477 g/mol. The molecule has 7 nitrogen and oxygen atoms in total. The van der Waals surface area contributed by atoms with Crippen LogP contribution in [0.2, 0.25) is 0 Å². The maximum atomic E-state index is 11.6. The fourth-order valence-electron chi connectivity index (χ4n) is 3.00. The Morgan fingerprint density at radius 1 is 1.27 bits per heavy atom. The SMILES string of the molecule is CCCNC(=O)CCNC(=NC)NCC(c1ccco1)N1CCCC1.I. The van der Waals surface area contributed by atoms with E-state index in [1.54, 1.807) is 13.3 Å². The molecule has 8 heteroatoms. The van der Waals surface area contributed by atoms with Gasteiger partial charge in [-0.2, -0.15) is 0 Å². The first kappa shape index (κ1) is 22.8. The molecule has 1 atom stereocenters. The number of likely N-dealkylation sites (tertiary alicyclic amines) is 1. The van der Waals surface area contributed by atoms with E-state index in [1.807, 2.05) is 19.1 Å². The highest BCUT2D eigenvalue weighted by molar-refractivity contribution is 14.0. The molecule has 1 aliphatic heterocycles. The third kappa shape index (κ3) is 7.53. The summed E-state index contributed by atoms with van der Waals surface area (Å²) < 4.78 is 5.63. The topological polar surface area (TPSA) is 81.9 Å². The zero-order valence-electron chi connectivity index (χ0n) is 15.8. The van der Waals surface area contributed by atoms with E-state index in [4.69, 9.17) is 4.42 Å². The number of aliphatic imine (C=N–C) groups is 1. The van der Waals surface area contributed by atoms with Crippen LogP contribution >= 0.6 is 24.0 Å². The number of furan rings is 1. The first-order valence-electron chi connectivity index (χ1n) is 9.23. The van der Waals surface area contributed by atoms with Crippen LogP contribution in [0.5, 0.6) is 0 Å². The molecular weight excluding hydrogens is 445 g/mol. The number of rotatable bonds is 9. The van der Waals surface area contributed by atoms with Gasteiger partial charge in [-0.3, -0.25) is 14.7 Å². The maximum Gasteiger partial charge on any atom is 0.221 e. The van der Waals surface area contributed by atoms with Gasteiger partial charge < -0.3 is 20.4 Å². The minimum absolute atomic E-state index is 0. The van der Waals surface area contributed by atoms with Crippen molar-refractivity contribution in [1.82, 2.24) is 20.9 Å². The highest BCUT2D eigenvalue weighted by atomic mass is 127. The van der Waals surface area contributed by atoms with Crippen molar-refractivity contribution in [1.29, 1.82) is 0 Å². The van der Waals surface area contributed by atoms with Gasteiger partial charge in [0.2, 0.25) is 5.91 Å². The number of carbonyl (C=O) groups excluding carboxylic acids is 1. The third-order valence-corrected chi connectivity index (χ3v) is 4.36. The average molecular weight is 477 g/mol. The molecule has 1 unspecified atom stereocenters. The lowest BCUT2D eigenvalue weighted by atomic mass is 10.2. The lowest BCUT2D eigenvalue weighted by Gasteiger charge is -2.26. The lowest BCUT2D eigenvalue weighted by Crippen LogP contribution is -2.43. The Labute approximate surface area is 173 Å². The van der Waals surface area contributed by atoms with Gasteiger partial charge in [0.25, 0.3) is 0 Å². The summed E-state index contributed by atoms with van der Waals surface area (Å²) in [6, 6.07) is 4.16. The molecule has 1 aliphatic rings. The Morgan fingerprint density at radius 2 is 2.04 bits per heavy atom. The van der Waals surface area contributed by atoms with Crippen LogP contribution in [-0.4, -0.2) is 56.5 Å². The Kier molecular flexibility index (Phi) is 11.3. The summed E-state index contributed by atoms with van der Waals surface area (Å²) in [5, 5.41) is 9.43. The lowest BCUT2D eigenvalue weighted by molar-refractivity contribution is -0.120. The standard InChI is InChI=1S/C18H31N5O2.HI/c1-3-9-20-17(24)8-10-21-18(19-2)22-14-15(16-7-6-13-25-16)23-11-4-5-12-23;/h6-7,13,15H,3-5,8-12,14H2,1-2H3,(H,20,24)(H2,19,21,22);1H. The Bertz CT molecular complexity index is 530. The smallest absolute Gasteiger partial charge is 0.221 e. The molecule has 1 aromatic heterocycles. The number of amides is 1. The van der Waals surface area contributed by atoms with E-state index < -0.39 is 0 Å². The molecule has 0 saturated carbocycles. The number of guanidine groups is 1. The summed E-state index contributed by atoms with van der Waals surface area (Å²) >= 11 is 0. The van der Waals surface area contributed by atoms with Gasteiger partial charge in [0.15, 0.2) is 5.96 Å². The molecule has 0 radical (unpaired) electrons. The molecule has 0 aromatic carbocycles. The van der Waals surface area contributed by atoms with Crippen molar-refractivity contribution in [2.24, 2.45) is 4.99 Å². The summed E-state index contributed by atoms with van der Waals surface area (Å²) in [6.45, 7) is 6.24. The van der Waals surface area contributed by atoms with E-state index in [0.717, 1.165) is 38.4 Å². The van der Waals surface area contributed by atoms with Gasteiger partial charge in [-0.15, -0.1) is 24.0 Å². The van der Waals surface area contributed by atoms with E-state index in [0.29, 0.717) is 18.9 Å². The molecule has 2 rings (SSSR count). The van der Waals surface area contributed by atoms with Crippen LogP contribution < -0.4 is 16.0 Å². The highest BCUT2D eigenvalue weighted by Crippen LogP contribution is 2.24. The van der Waals surface area contributed by atoms with Gasteiger partial charge in [0.1, 0.15) is 5.76 Å². The Balaban J connectivity index is 0.00000338. The van der Waals surface area contributed by atoms with Crippen LogP contribution in [0.1, 0.15) is 44.4 Å². The zero-order chi connectivity index (χ0) is 17.9. The second-order valence-corrected chi connectivity index (χ2v) is 6.25. The number of nitrogens with zero attached hydrogens (tertiary/aromatic N) is 2. The summed E-state index contributed by atoms with van der Waals surface area (Å²) in [5.74, 6) is 1.75. The molecule has 148 valence electrons. The number of halogens is 1. The fourth-order valence-corrected chi connectivity index (χ4v) is 3.00. The maximum absolute atomic E-state index is 11.6. The van der Waals surface area contributed by atoms with Gasteiger partial charge in [0.05, 0.1) is 12.3 Å². The highest BCUT2D eigenvalue weighted by Gasteiger charge is 2.25. The van der Waals surface area contributed by atoms with E-state index in [9.17, 15) is 4.79 Å². The van der Waals surface area contributed by atoms with E-state index in [-0.39, 0.29) is 35.9 Å². The van der Waals surface area contributed by atoms with Crippen LogP contribution in [0.25, 0.3) is 0 Å². The largest absolute Gasteiger partial charge is 0.468 e. The average Bonchev–Trinajstić information content (AvgIpc) is 3.33. The van der Waals surface area contributed by atoms with Gasteiger partial charge in [-0.05, 0) is 44.5 Å². The van der Waals surface area contributed by atoms with Crippen LogP contribution in [0.15, 0.2) is 27.8 Å². The van der Waals surface area contributed by atoms with Gasteiger partial charge in [0, 0.05) is 33.1 Å². The third-order valence-electron chi connectivity index (χ3n) is 4.36. The molecule has 1 aromatic rings. The molecule has 3 N–H and O–H groups in total. The first-order chi connectivity index (χ1) is 12.2. The van der Waals surface area contributed by atoms with Crippen LogP contribution in [-0.2, 0) is 4.79 Å². The number of hydrogen-bond acceptors (Lipinski definition) is 4. The Hall–Kier alpha value is -1.29. The summed E-state index contributed by atoms with van der Waals surface area (Å²) in [6.07, 6.45) is 5.58. The minimum atomic E-state index is 0. The van der Waals surface area contributed by atoms with Crippen molar-refractivity contribution in [3.63, 3.8) is 0 Å². The van der Waals surface area contributed by atoms with Gasteiger partial charge >= 0.3 is 0 Å². The molecule has 1 fully saturated rings. The van der Waals surface area contributed by atoms with E-state index in [1.165, 1.54) is 12.8 Å². The predicted molar refractivity (Wildman–Crippen MR) is 115 cm³/mol. The second-order valence-electron chi connectivity index (χ2n) is 6.25. The van der Waals surface area contributed by atoms with Crippen molar-refractivity contribution < 1.29 is 9.21 Å². The Morgan fingerprint density at radius 3 is 2.65 bits per heavy atom. The zero-order valence-corrected chi connectivity index (χ0v) is 18.1. The van der Waals surface area contributed by atoms with Crippen molar-refractivity contribution in [2.45, 2.75) is 38.6 Å². The fraction of sp³-hybridized carbons (Fsp3) is 0.667. The van der Waals surface area contributed by atoms with Crippen molar-refractivity contribution in [2.75, 3.05) is 39.8 Å². The first-order valence-corrected chi connectivity index (χ1v) is 9.23. The van der Waals surface area contributed by atoms with Crippen molar-refractivity contribution >= 4 is 35.8 Å². The van der Waals surface area contributed by atoms with Crippen LogP contribution in [0.4, 0.5) is 0 Å². The van der Waals surface area contributed by atoms with Gasteiger partial charge in [-0.25, -0.2) is 0 Å². The molecular formula is C18H32IN5O2. The number of carbonyl (C=O) groups is 1. The van der Waals surface area contributed by atoms with Gasteiger partial charge in [-0.1, -0.05) is 6.92 Å². The normalized spacial score (nSPS) is 16.0. The quantitative estimate of drug-likeness (QED) is 0.289. The predicted octanol–water partition coefficient (Wildman–Crippen LogP) is 2.12. The van der Waals surface area contributed by atoms with Crippen LogP contribution in [0, 0.1) is 0 Å². The summed E-state index contributed by atoms with van der Waals surface area (Å²) in [7, 11) is 1.74. The van der Waals surface area contributed by atoms with Crippen molar-refractivity contribution in [3.05, 3.63) is 24.2 Å². The number of nitrogens with one attached hydrogen (secondary N) is 3. The molecule has 1 saturated heterocycles. The summed E-state index contributed by atoms with van der Waals surface area (Å²) in [4.78, 5) is 18.3. The van der Waals surface area contributed by atoms with E-state index in [2.05, 4.69) is 25.8 Å². The van der Waals surface area contributed by atoms with Crippen LogP contribution in [0.3, 0.4) is 0 Å². The molecule has 0 aliphatic carbocycles. The minimum Gasteiger partial charge on any atom is -0.468 e. The molecule has 2 heterocycles. The van der Waals surface area contributed by atoms with E-state index >= 15 is 0 Å². The molecule has 0 bridgehead atoms. The molecule has 1 amide bonds. The molecule has 26 heavy (non-hydrogen) atoms. The summed E-state index contributed by atoms with van der Waals surface area (Å²) in [5.41, 5.74) is 0.